The number of ether oxygens (including phenoxy) is 1. The molecule has 1 aromatic heterocycles. The molecule has 0 radical (unpaired) electrons. The monoisotopic (exact) mass is 522 g/mol. The maximum Gasteiger partial charge on any atom is 0.340 e. The normalized spacial score (nSPS) is 14.8. The summed E-state index contributed by atoms with van der Waals surface area (Å²) >= 11 is 12.6. The lowest BCUT2D eigenvalue weighted by atomic mass is 10.0. The fourth-order valence-electron chi connectivity index (χ4n) is 4.58. The number of amides is 1. The third-order valence-electron chi connectivity index (χ3n) is 6.55. The van der Waals surface area contributed by atoms with Gasteiger partial charge in [0.2, 0.25) is 0 Å². The zero-order chi connectivity index (χ0) is 26.3. The first kappa shape index (κ1) is 25.8. The van der Waals surface area contributed by atoms with E-state index < -0.39 is 5.97 Å². The number of anilines is 1. The average molecular weight is 523 g/mol. The summed E-state index contributed by atoms with van der Waals surface area (Å²) in [6, 6.07) is 13.1. The summed E-state index contributed by atoms with van der Waals surface area (Å²) in [4.78, 5) is 28.4. The molecule has 2 aromatic carbocycles. The van der Waals surface area contributed by atoms with Crippen LogP contribution < -0.4 is 4.90 Å². The highest BCUT2D eigenvalue weighted by Crippen LogP contribution is 2.37. The molecular formula is C29H28Cl2N2O3. The van der Waals surface area contributed by atoms with E-state index >= 15 is 0 Å². The first-order chi connectivity index (χ1) is 17.0. The van der Waals surface area contributed by atoms with E-state index in [1.165, 1.54) is 0 Å². The zero-order valence-electron chi connectivity index (χ0n) is 21.2. The maximum atomic E-state index is 13.8. The molecule has 0 N–H and O–H groups in total. The van der Waals surface area contributed by atoms with Crippen LogP contribution >= 0.6 is 23.2 Å². The molecule has 1 amide bonds. The number of esters is 1. The lowest BCUT2D eigenvalue weighted by Gasteiger charge is -2.19. The largest absolute Gasteiger partial charge is 0.462 e. The Kier molecular flexibility index (Phi) is 7.17. The van der Waals surface area contributed by atoms with Crippen LogP contribution in [0.25, 0.3) is 11.8 Å². The quantitative estimate of drug-likeness (QED) is 0.261. The van der Waals surface area contributed by atoms with Gasteiger partial charge in [0.15, 0.2) is 0 Å². The molecule has 0 atom stereocenters. The molecule has 5 nitrogen and oxygen atoms in total. The van der Waals surface area contributed by atoms with Crippen LogP contribution in [0.1, 0.15) is 41.9 Å². The van der Waals surface area contributed by atoms with Crippen LogP contribution in [0.5, 0.6) is 0 Å². The number of aryl methyl sites for hydroxylation is 3. The van der Waals surface area contributed by atoms with Gasteiger partial charge in [-0.25, -0.2) is 4.79 Å². The average Bonchev–Trinajstić information content (AvgIpc) is 3.22. The molecule has 4 rings (SSSR count). The van der Waals surface area contributed by atoms with E-state index in [2.05, 4.69) is 0 Å². The van der Waals surface area contributed by atoms with Gasteiger partial charge in [-0.2, -0.15) is 0 Å². The molecule has 0 bridgehead atoms. The van der Waals surface area contributed by atoms with E-state index in [4.69, 9.17) is 27.9 Å². The van der Waals surface area contributed by atoms with Gasteiger partial charge in [0.25, 0.3) is 5.91 Å². The molecule has 0 unspecified atom stereocenters. The van der Waals surface area contributed by atoms with Crippen molar-refractivity contribution < 1.29 is 14.3 Å². The Morgan fingerprint density at radius 1 is 0.972 bits per heavy atom. The summed E-state index contributed by atoms with van der Waals surface area (Å²) in [5.74, 6) is -0.788. The minimum absolute atomic E-state index is 0.213. The SMILES string of the molecule is CCOC(=O)C1=C(C)N(c2ccc(C)c(C)c2)C(=O)/C1=C\c1cc(C)n(-c2ccc(Cl)cc2Cl)c1C. The van der Waals surface area contributed by atoms with Gasteiger partial charge in [-0.05, 0) is 101 Å². The van der Waals surface area contributed by atoms with Crippen LogP contribution in [-0.2, 0) is 14.3 Å². The highest BCUT2D eigenvalue weighted by atomic mass is 35.5. The van der Waals surface area contributed by atoms with E-state index in [0.29, 0.717) is 27.0 Å². The van der Waals surface area contributed by atoms with Gasteiger partial charge in [0.1, 0.15) is 0 Å². The number of halogens is 2. The summed E-state index contributed by atoms with van der Waals surface area (Å²) in [5, 5.41) is 1.07. The highest BCUT2D eigenvalue weighted by molar-refractivity contribution is 6.35. The number of hydrogen-bond donors (Lipinski definition) is 0. The van der Waals surface area contributed by atoms with Crippen molar-refractivity contribution >= 4 is 46.8 Å². The van der Waals surface area contributed by atoms with Crippen molar-refractivity contribution in [2.24, 2.45) is 0 Å². The lowest BCUT2D eigenvalue weighted by molar-refractivity contribution is -0.138. The second-order valence-electron chi connectivity index (χ2n) is 8.91. The van der Waals surface area contributed by atoms with Crippen molar-refractivity contribution in [3.05, 3.63) is 97.4 Å². The number of aromatic nitrogens is 1. The van der Waals surface area contributed by atoms with Gasteiger partial charge in [-0.1, -0.05) is 29.3 Å². The molecule has 0 saturated carbocycles. The molecule has 0 saturated heterocycles. The molecule has 36 heavy (non-hydrogen) atoms. The number of benzene rings is 2. The van der Waals surface area contributed by atoms with Crippen LogP contribution in [0, 0.1) is 27.7 Å². The second kappa shape index (κ2) is 10.00. The van der Waals surface area contributed by atoms with Crippen molar-refractivity contribution in [2.75, 3.05) is 11.5 Å². The van der Waals surface area contributed by atoms with Crippen LogP contribution in [0.15, 0.2) is 59.3 Å². The molecule has 0 aliphatic carbocycles. The Balaban J connectivity index is 1.87. The van der Waals surface area contributed by atoms with E-state index in [1.807, 2.05) is 62.6 Å². The van der Waals surface area contributed by atoms with Crippen LogP contribution in [0.2, 0.25) is 10.0 Å². The molecule has 1 aliphatic heterocycles. The maximum absolute atomic E-state index is 13.8. The van der Waals surface area contributed by atoms with Crippen molar-refractivity contribution in [2.45, 2.75) is 41.5 Å². The van der Waals surface area contributed by atoms with E-state index in [1.54, 1.807) is 37.0 Å². The Morgan fingerprint density at radius 3 is 2.33 bits per heavy atom. The number of hydrogen-bond acceptors (Lipinski definition) is 3. The lowest BCUT2D eigenvalue weighted by Crippen LogP contribution is -2.24. The zero-order valence-corrected chi connectivity index (χ0v) is 22.7. The topological polar surface area (TPSA) is 51.5 Å². The summed E-state index contributed by atoms with van der Waals surface area (Å²) < 4.78 is 7.35. The number of carbonyl (C=O) groups is 2. The van der Waals surface area contributed by atoms with Crippen LogP contribution in [0.3, 0.4) is 0 Å². The van der Waals surface area contributed by atoms with E-state index in [-0.39, 0.29) is 18.1 Å². The van der Waals surface area contributed by atoms with Crippen molar-refractivity contribution in [3.8, 4) is 5.69 Å². The minimum atomic E-state index is -0.518. The van der Waals surface area contributed by atoms with Gasteiger partial charge in [0, 0.05) is 27.8 Å². The van der Waals surface area contributed by atoms with Crippen LogP contribution in [-0.4, -0.2) is 23.1 Å². The minimum Gasteiger partial charge on any atom is -0.462 e. The first-order valence-corrected chi connectivity index (χ1v) is 12.5. The summed E-state index contributed by atoms with van der Waals surface area (Å²) in [7, 11) is 0. The summed E-state index contributed by atoms with van der Waals surface area (Å²) in [6.45, 7) is 11.7. The molecule has 2 heterocycles. The van der Waals surface area contributed by atoms with Gasteiger partial charge in [0.05, 0.1) is 28.5 Å². The second-order valence-corrected chi connectivity index (χ2v) is 9.75. The molecular weight excluding hydrogens is 495 g/mol. The Morgan fingerprint density at radius 2 is 1.69 bits per heavy atom. The number of allylic oxidation sites excluding steroid dienone is 1. The van der Waals surface area contributed by atoms with E-state index in [9.17, 15) is 9.59 Å². The Bertz CT molecular complexity index is 1460. The van der Waals surface area contributed by atoms with Crippen LogP contribution in [0.4, 0.5) is 5.69 Å². The van der Waals surface area contributed by atoms with Gasteiger partial charge >= 0.3 is 5.97 Å². The molecule has 0 spiro atoms. The predicted octanol–water partition coefficient (Wildman–Crippen LogP) is 7.29. The smallest absolute Gasteiger partial charge is 0.340 e. The predicted molar refractivity (Wildman–Crippen MR) is 146 cm³/mol. The number of carbonyl (C=O) groups excluding carboxylic acids is 2. The van der Waals surface area contributed by atoms with E-state index in [0.717, 1.165) is 33.8 Å². The molecule has 0 fully saturated rings. The Hall–Kier alpha value is -3.28. The highest BCUT2D eigenvalue weighted by Gasteiger charge is 2.38. The molecule has 3 aromatic rings. The third kappa shape index (κ3) is 4.49. The Labute approximate surface area is 221 Å². The van der Waals surface area contributed by atoms with Crippen molar-refractivity contribution in [3.63, 3.8) is 0 Å². The molecule has 1 aliphatic rings. The fourth-order valence-corrected chi connectivity index (χ4v) is 5.07. The van der Waals surface area contributed by atoms with Gasteiger partial charge in [-0.15, -0.1) is 0 Å². The van der Waals surface area contributed by atoms with Gasteiger partial charge < -0.3 is 9.30 Å². The standard InChI is InChI=1S/C29H28Cl2N2O3/c1-7-36-29(35)27-20(6)33(23-10-8-16(2)17(3)12-23)28(34)24(27)14-21-13-18(4)32(19(21)5)26-11-9-22(30)15-25(26)31/h8-15H,7H2,1-6H3/b24-14-. The molecule has 7 heteroatoms. The third-order valence-corrected chi connectivity index (χ3v) is 7.09. The fraction of sp³-hybridized carbons (Fsp3) is 0.241. The number of rotatable bonds is 5. The number of nitrogens with zero attached hydrogens (tertiary/aromatic N) is 2. The van der Waals surface area contributed by atoms with Crippen molar-refractivity contribution in [1.29, 1.82) is 0 Å². The summed E-state index contributed by atoms with van der Waals surface area (Å²) in [6.07, 6.45) is 1.77. The first-order valence-electron chi connectivity index (χ1n) is 11.7. The molecule has 186 valence electrons. The summed E-state index contributed by atoms with van der Waals surface area (Å²) in [5.41, 5.74) is 7.41. The van der Waals surface area contributed by atoms with Gasteiger partial charge in [-0.3, -0.25) is 9.69 Å². The van der Waals surface area contributed by atoms with Crippen molar-refractivity contribution in [1.82, 2.24) is 4.57 Å².